The van der Waals surface area contributed by atoms with Crippen LogP contribution < -0.4 is 19.1 Å². The molecule has 0 radical (unpaired) electrons. The molecule has 0 bridgehead atoms. The molecule has 35 heavy (non-hydrogen) atoms. The predicted molar refractivity (Wildman–Crippen MR) is 132 cm³/mol. The van der Waals surface area contributed by atoms with Gasteiger partial charge in [-0.05, 0) is 65.6 Å². The molecule has 7 heteroatoms. The van der Waals surface area contributed by atoms with Crippen LogP contribution in [-0.4, -0.2) is 56.1 Å². The minimum absolute atomic E-state index is 0.0326. The molecule has 0 aromatic heterocycles. The molecule has 7 nitrogen and oxygen atoms in total. The second-order valence-corrected chi connectivity index (χ2v) is 9.33. The van der Waals surface area contributed by atoms with Crippen LogP contribution in [0.3, 0.4) is 0 Å². The fourth-order valence-electron chi connectivity index (χ4n) is 5.86. The molecule has 6 rings (SSSR count). The quantitative estimate of drug-likeness (QED) is 0.616. The van der Waals surface area contributed by atoms with Crippen molar-refractivity contribution in [3.05, 3.63) is 71.8 Å². The Morgan fingerprint density at radius 2 is 1.89 bits per heavy atom. The number of hydrogen-bond donors (Lipinski definition) is 1. The van der Waals surface area contributed by atoms with Gasteiger partial charge in [0.05, 0.1) is 25.8 Å². The van der Waals surface area contributed by atoms with Crippen LogP contribution >= 0.6 is 0 Å². The molecule has 1 amide bonds. The van der Waals surface area contributed by atoms with E-state index in [-0.39, 0.29) is 37.3 Å². The Hall–Kier alpha value is -3.71. The van der Waals surface area contributed by atoms with Crippen molar-refractivity contribution in [2.24, 2.45) is 5.92 Å². The first-order valence-electron chi connectivity index (χ1n) is 11.9. The first-order valence-corrected chi connectivity index (χ1v) is 11.9. The highest BCUT2D eigenvalue weighted by atomic mass is 16.7. The predicted octanol–water partition coefficient (Wildman–Crippen LogP) is 4.11. The standard InChI is InChI=1S/C28H28N2O5/c1-29-23-8-6-18(17-4-3-5-20(12-17)33-2)13-22(23)27-21(24(29)15-31)10-11-30(27)28(32)19-7-9-25-26(14-19)35-16-34-25/h3-9,12-14,21,24,27,31H,10-11,15-16H2,1-2H3/t21-,24+,27-/m0/s1. The molecule has 3 heterocycles. The van der Waals surface area contributed by atoms with Gasteiger partial charge in [-0.3, -0.25) is 4.79 Å². The van der Waals surface area contributed by atoms with Crippen molar-refractivity contribution < 1.29 is 24.1 Å². The number of hydrogen-bond acceptors (Lipinski definition) is 6. The normalized spacial score (nSPS) is 22.1. The number of nitrogens with zero attached hydrogens (tertiary/aromatic N) is 2. The van der Waals surface area contributed by atoms with Crippen molar-refractivity contribution in [1.82, 2.24) is 4.90 Å². The summed E-state index contributed by atoms with van der Waals surface area (Å²) >= 11 is 0. The Morgan fingerprint density at radius 1 is 1.06 bits per heavy atom. The van der Waals surface area contributed by atoms with Gasteiger partial charge in [0, 0.05) is 30.8 Å². The van der Waals surface area contributed by atoms with Crippen LogP contribution in [0.4, 0.5) is 5.69 Å². The summed E-state index contributed by atoms with van der Waals surface area (Å²) in [5, 5.41) is 10.3. The van der Waals surface area contributed by atoms with E-state index in [0.717, 1.165) is 34.5 Å². The van der Waals surface area contributed by atoms with Gasteiger partial charge in [-0.2, -0.15) is 0 Å². The molecule has 1 N–H and O–H groups in total. The number of likely N-dealkylation sites (tertiary alicyclic amines) is 1. The Balaban J connectivity index is 1.42. The largest absolute Gasteiger partial charge is 0.497 e. The summed E-state index contributed by atoms with van der Waals surface area (Å²) in [6.45, 7) is 0.850. The lowest BCUT2D eigenvalue weighted by atomic mass is 9.81. The zero-order valence-corrected chi connectivity index (χ0v) is 19.8. The lowest BCUT2D eigenvalue weighted by Crippen LogP contribution is -2.48. The zero-order valence-electron chi connectivity index (χ0n) is 19.8. The van der Waals surface area contributed by atoms with Crippen LogP contribution in [0.15, 0.2) is 60.7 Å². The Morgan fingerprint density at radius 3 is 2.71 bits per heavy atom. The van der Waals surface area contributed by atoms with Crippen LogP contribution in [-0.2, 0) is 0 Å². The van der Waals surface area contributed by atoms with E-state index >= 15 is 0 Å². The third kappa shape index (κ3) is 3.49. The monoisotopic (exact) mass is 472 g/mol. The summed E-state index contributed by atoms with van der Waals surface area (Å²) in [6, 6.07) is 19.6. The number of aliphatic hydroxyl groups is 1. The van der Waals surface area contributed by atoms with E-state index in [1.54, 1.807) is 25.3 Å². The smallest absolute Gasteiger partial charge is 0.254 e. The highest BCUT2D eigenvalue weighted by molar-refractivity contribution is 5.95. The van der Waals surface area contributed by atoms with E-state index in [4.69, 9.17) is 14.2 Å². The first kappa shape index (κ1) is 21.8. The third-order valence-electron chi connectivity index (χ3n) is 7.63. The fourth-order valence-corrected chi connectivity index (χ4v) is 5.86. The zero-order chi connectivity index (χ0) is 24.1. The molecular formula is C28H28N2O5. The summed E-state index contributed by atoms with van der Waals surface area (Å²) < 4.78 is 16.3. The summed E-state index contributed by atoms with van der Waals surface area (Å²) in [7, 11) is 3.70. The lowest BCUT2D eigenvalue weighted by molar-refractivity contribution is 0.0693. The number of ether oxygens (including phenoxy) is 3. The molecule has 180 valence electrons. The number of carbonyl (C=O) groups excluding carboxylic acids is 1. The second kappa shape index (κ2) is 8.50. The maximum absolute atomic E-state index is 13.8. The number of likely N-dealkylation sites (N-methyl/N-ethyl adjacent to an activating group) is 1. The van der Waals surface area contributed by atoms with Gasteiger partial charge in [-0.1, -0.05) is 18.2 Å². The Kier molecular flexibility index (Phi) is 5.29. The topological polar surface area (TPSA) is 71.5 Å². The molecule has 1 fully saturated rings. The number of methoxy groups -OCH3 is 1. The van der Waals surface area contributed by atoms with Crippen molar-refractivity contribution >= 4 is 11.6 Å². The van der Waals surface area contributed by atoms with Crippen molar-refractivity contribution in [1.29, 1.82) is 0 Å². The van der Waals surface area contributed by atoms with E-state index in [9.17, 15) is 9.90 Å². The molecule has 1 saturated heterocycles. The highest BCUT2D eigenvalue weighted by Crippen LogP contribution is 2.50. The highest BCUT2D eigenvalue weighted by Gasteiger charge is 2.47. The van der Waals surface area contributed by atoms with E-state index in [1.807, 2.05) is 30.1 Å². The number of carbonyl (C=O) groups is 1. The summed E-state index contributed by atoms with van der Waals surface area (Å²) in [5.74, 6) is 2.17. The Bertz CT molecular complexity index is 1290. The van der Waals surface area contributed by atoms with E-state index in [2.05, 4.69) is 29.2 Å². The molecule has 3 aliphatic rings. The number of anilines is 1. The fraction of sp³-hybridized carbons (Fsp3) is 0.321. The number of rotatable bonds is 4. The molecule has 0 spiro atoms. The van der Waals surface area contributed by atoms with Gasteiger partial charge in [0.25, 0.3) is 5.91 Å². The van der Waals surface area contributed by atoms with E-state index in [0.29, 0.717) is 23.6 Å². The minimum atomic E-state index is -0.123. The van der Waals surface area contributed by atoms with Crippen LogP contribution in [0.25, 0.3) is 11.1 Å². The van der Waals surface area contributed by atoms with E-state index < -0.39 is 0 Å². The van der Waals surface area contributed by atoms with Gasteiger partial charge in [0.15, 0.2) is 11.5 Å². The molecule has 3 aliphatic heterocycles. The summed E-state index contributed by atoms with van der Waals surface area (Å²) in [5.41, 5.74) is 4.86. The van der Waals surface area contributed by atoms with Gasteiger partial charge in [0.2, 0.25) is 6.79 Å². The molecule has 3 atom stereocenters. The lowest BCUT2D eigenvalue weighted by Gasteiger charge is -2.44. The number of amides is 1. The molecule has 3 aromatic carbocycles. The van der Waals surface area contributed by atoms with Gasteiger partial charge in [-0.25, -0.2) is 0 Å². The Labute approximate surface area is 204 Å². The molecule has 0 aliphatic carbocycles. The number of aliphatic hydroxyl groups excluding tert-OH is 1. The van der Waals surface area contributed by atoms with Crippen LogP contribution in [0.2, 0.25) is 0 Å². The number of fused-ring (bicyclic) bond motifs is 4. The first-order chi connectivity index (χ1) is 17.1. The van der Waals surface area contributed by atoms with Crippen LogP contribution in [0.1, 0.15) is 28.4 Å². The average molecular weight is 473 g/mol. The van der Waals surface area contributed by atoms with Crippen molar-refractivity contribution in [3.63, 3.8) is 0 Å². The van der Waals surface area contributed by atoms with Crippen molar-refractivity contribution in [3.8, 4) is 28.4 Å². The van der Waals surface area contributed by atoms with Gasteiger partial charge in [-0.15, -0.1) is 0 Å². The molecule has 0 saturated carbocycles. The summed E-state index contributed by atoms with van der Waals surface area (Å²) in [6.07, 6.45) is 0.833. The maximum Gasteiger partial charge on any atom is 0.254 e. The van der Waals surface area contributed by atoms with Crippen molar-refractivity contribution in [2.45, 2.75) is 18.5 Å². The number of benzene rings is 3. The summed E-state index contributed by atoms with van der Waals surface area (Å²) in [4.78, 5) is 17.9. The van der Waals surface area contributed by atoms with Gasteiger partial charge in [0.1, 0.15) is 5.75 Å². The van der Waals surface area contributed by atoms with Crippen molar-refractivity contribution in [2.75, 3.05) is 39.0 Å². The van der Waals surface area contributed by atoms with Gasteiger partial charge >= 0.3 is 0 Å². The minimum Gasteiger partial charge on any atom is -0.497 e. The second-order valence-electron chi connectivity index (χ2n) is 9.33. The SMILES string of the molecule is COc1cccc(-c2ccc3c(c2)[C@@H]2[C@@H](CCN2C(=O)c2ccc4c(c2)OCO4)[C@@H](CO)N3C)c1. The van der Waals surface area contributed by atoms with Crippen LogP contribution in [0, 0.1) is 5.92 Å². The van der Waals surface area contributed by atoms with Gasteiger partial charge < -0.3 is 29.1 Å². The molecule has 3 aromatic rings. The molecule has 0 unspecified atom stereocenters. The maximum atomic E-state index is 13.8. The van der Waals surface area contributed by atoms with Crippen LogP contribution in [0.5, 0.6) is 17.2 Å². The average Bonchev–Trinajstić information content (AvgIpc) is 3.55. The third-order valence-corrected chi connectivity index (χ3v) is 7.63. The molecular weight excluding hydrogens is 444 g/mol. The van der Waals surface area contributed by atoms with E-state index in [1.165, 1.54) is 0 Å².